The summed E-state index contributed by atoms with van der Waals surface area (Å²) < 4.78 is 1.85. The topological polar surface area (TPSA) is 46.4 Å². The summed E-state index contributed by atoms with van der Waals surface area (Å²) in [4.78, 5) is 16.6. The van der Waals surface area contributed by atoms with Gasteiger partial charge in [0, 0.05) is 12.3 Å². The molecule has 1 amide bonds. The van der Waals surface area contributed by atoms with Crippen LogP contribution in [0.4, 0.5) is 0 Å². The van der Waals surface area contributed by atoms with Crippen molar-refractivity contribution in [2.75, 3.05) is 0 Å². The summed E-state index contributed by atoms with van der Waals surface area (Å²) in [5, 5.41) is 3.41. The quantitative estimate of drug-likeness (QED) is 0.682. The number of carbonyl (C=O) groups excluding carboxylic acids is 1. The number of halogens is 1. The van der Waals surface area contributed by atoms with Gasteiger partial charge in [0.2, 0.25) is 5.91 Å². The van der Waals surface area contributed by atoms with Crippen molar-refractivity contribution in [1.82, 2.24) is 14.7 Å². The molecular formula is C20H20ClN3O. The van der Waals surface area contributed by atoms with Crippen LogP contribution in [0.3, 0.4) is 0 Å². The van der Waals surface area contributed by atoms with Crippen LogP contribution in [0.25, 0.3) is 11.7 Å². The minimum absolute atomic E-state index is 0.0181. The number of hydrogen-bond donors (Lipinski definition) is 1. The number of benzene rings is 1. The molecule has 0 unspecified atom stereocenters. The van der Waals surface area contributed by atoms with Crippen LogP contribution >= 0.6 is 11.6 Å². The second kappa shape index (κ2) is 7.53. The Morgan fingerprint density at radius 1 is 1.28 bits per heavy atom. The fraction of sp³-hybridized carbons (Fsp3) is 0.200. The molecule has 2 heterocycles. The normalized spacial score (nSPS) is 12.6. The molecule has 1 N–H and O–H groups in total. The highest BCUT2D eigenvalue weighted by atomic mass is 35.5. The number of fused-ring (bicyclic) bond motifs is 1. The molecule has 0 radical (unpaired) electrons. The molecule has 4 nitrogen and oxygen atoms in total. The minimum Gasteiger partial charge on any atom is -0.346 e. The molecule has 1 aromatic carbocycles. The van der Waals surface area contributed by atoms with Crippen molar-refractivity contribution in [3.05, 3.63) is 76.7 Å². The number of imidazole rings is 1. The Bertz CT molecular complexity index is 912. The van der Waals surface area contributed by atoms with Gasteiger partial charge in [-0.2, -0.15) is 0 Å². The monoisotopic (exact) mass is 353 g/mol. The Kier molecular flexibility index (Phi) is 5.19. The molecule has 0 bridgehead atoms. The zero-order valence-electron chi connectivity index (χ0n) is 14.2. The summed E-state index contributed by atoms with van der Waals surface area (Å²) in [7, 11) is 0. The molecule has 0 aliphatic heterocycles. The number of aryl methyl sites for hydroxylation is 1. The number of hydrogen-bond acceptors (Lipinski definition) is 2. The zero-order valence-corrected chi connectivity index (χ0v) is 15.0. The van der Waals surface area contributed by atoms with Crippen LogP contribution in [0.5, 0.6) is 0 Å². The van der Waals surface area contributed by atoms with Crippen LogP contribution in [0.2, 0.25) is 5.15 Å². The van der Waals surface area contributed by atoms with Crippen molar-refractivity contribution in [1.29, 1.82) is 0 Å². The van der Waals surface area contributed by atoms with E-state index in [1.54, 1.807) is 6.08 Å². The maximum Gasteiger partial charge on any atom is 0.244 e. The summed E-state index contributed by atoms with van der Waals surface area (Å²) in [6.45, 7) is 4.10. The Morgan fingerprint density at radius 2 is 2.04 bits per heavy atom. The standard InChI is InChI=1S/C20H20ClN3O/c1-3-16(15-9-7-14(2)8-10-15)22-19(25)12-11-17-20(21)23-18-6-4-5-13-24(17)18/h4-13,16H,3H2,1-2H3,(H,22,25)/b12-11+/t16-/m1/s1. The van der Waals surface area contributed by atoms with Gasteiger partial charge in [-0.1, -0.05) is 54.4 Å². The number of carbonyl (C=O) groups is 1. The number of nitrogens with zero attached hydrogens (tertiary/aromatic N) is 2. The van der Waals surface area contributed by atoms with Gasteiger partial charge in [-0.05, 0) is 37.1 Å². The summed E-state index contributed by atoms with van der Waals surface area (Å²) in [5.74, 6) is -0.158. The third-order valence-corrected chi connectivity index (χ3v) is 4.40. The molecule has 0 saturated carbocycles. The second-order valence-electron chi connectivity index (χ2n) is 5.93. The summed E-state index contributed by atoms with van der Waals surface area (Å²) >= 11 is 6.18. The molecule has 5 heteroatoms. The Labute approximate surface area is 152 Å². The van der Waals surface area contributed by atoms with Crippen LogP contribution < -0.4 is 5.32 Å². The van der Waals surface area contributed by atoms with Crippen LogP contribution in [-0.2, 0) is 4.79 Å². The molecule has 25 heavy (non-hydrogen) atoms. The van der Waals surface area contributed by atoms with Gasteiger partial charge in [0.05, 0.1) is 11.7 Å². The van der Waals surface area contributed by atoms with Crippen LogP contribution in [0, 0.1) is 6.92 Å². The molecule has 0 saturated heterocycles. The third-order valence-electron chi connectivity index (χ3n) is 4.12. The molecule has 128 valence electrons. The van der Waals surface area contributed by atoms with Crippen LogP contribution in [0.1, 0.15) is 36.2 Å². The number of nitrogens with one attached hydrogen (secondary N) is 1. The van der Waals surface area contributed by atoms with Gasteiger partial charge < -0.3 is 5.32 Å². The lowest BCUT2D eigenvalue weighted by Gasteiger charge is -2.16. The van der Waals surface area contributed by atoms with E-state index >= 15 is 0 Å². The molecule has 2 aromatic heterocycles. The lowest BCUT2D eigenvalue weighted by molar-refractivity contribution is -0.117. The summed E-state index contributed by atoms with van der Waals surface area (Å²) in [6.07, 6.45) is 5.88. The van der Waals surface area contributed by atoms with Crippen LogP contribution in [-0.4, -0.2) is 15.3 Å². The molecule has 3 rings (SSSR count). The molecule has 3 aromatic rings. The lowest BCUT2D eigenvalue weighted by atomic mass is 10.0. The SMILES string of the molecule is CC[C@@H](NC(=O)/C=C/c1c(Cl)nc2ccccn12)c1ccc(C)cc1. The first-order valence-corrected chi connectivity index (χ1v) is 8.64. The van der Waals surface area contributed by atoms with E-state index in [-0.39, 0.29) is 11.9 Å². The van der Waals surface area contributed by atoms with Crippen molar-refractivity contribution in [3.63, 3.8) is 0 Å². The summed E-state index contributed by atoms with van der Waals surface area (Å²) in [6, 6.07) is 13.8. The van der Waals surface area contributed by atoms with E-state index in [0.717, 1.165) is 17.6 Å². The maximum absolute atomic E-state index is 12.3. The fourth-order valence-corrected chi connectivity index (χ4v) is 2.97. The third kappa shape index (κ3) is 3.91. The smallest absolute Gasteiger partial charge is 0.244 e. The molecule has 1 atom stereocenters. The predicted molar refractivity (Wildman–Crippen MR) is 102 cm³/mol. The Hall–Kier alpha value is -2.59. The Morgan fingerprint density at radius 3 is 2.76 bits per heavy atom. The Balaban J connectivity index is 1.75. The average molecular weight is 354 g/mol. The predicted octanol–water partition coefficient (Wildman–Crippen LogP) is 4.58. The lowest BCUT2D eigenvalue weighted by Crippen LogP contribution is -2.26. The van der Waals surface area contributed by atoms with Crippen LogP contribution in [0.15, 0.2) is 54.7 Å². The number of aromatic nitrogens is 2. The van der Waals surface area contributed by atoms with E-state index in [1.807, 2.05) is 35.7 Å². The number of pyridine rings is 1. The van der Waals surface area contributed by atoms with Crippen molar-refractivity contribution in [3.8, 4) is 0 Å². The van der Waals surface area contributed by atoms with Gasteiger partial charge in [-0.3, -0.25) is 9.20 Å². The highest BCUT2D eigenvalue weighted by molar-refractivity contribution is 6.31. The van der Waals surface area contributed by atoms with E-state index in [2.05, 4.69) is 41.5 Å². The fourth-order valence-electron chi connectivity index (χ4n) is 2.73. The zero-order chi connectivity index (χ0) is 17.8. The highest BCUT2D eigenvalue weighted by Gasteiger charge is 2.12. The first kappa shape index (κ1) is 17.2. The van der Waals surface area contributed by atoms with Crippen molar-refractivity contribution in [2.45, 2.75) is 26.3 Å². The van der Waals surface area contributed by atoms with E-state index < -0.39 is 0 Å². The van der Waals surface area contributed by atoms with Crippen molar-refractivity contribution >= 4 is 29.2 Å². The van der Waals surface area contributed by atoms with E-state index in [0.29, 0.717) is 10.8 Å². The van der Waals surface area contributed by atoms with Gasteiger partial charge in [-0.25, -0.2) is 4.98 Å². The summed E-state index contributed by atoms with van der Waals surface area (Å²) in [5.41, 5.74) is 3.74. The average Bonchev–Trinajstić information content (AvgIpc) is 2.94. The van der Waals surface area contributed by atoms with Gasteiger partial charge >= 0.3 is 0 Å². The van der Waals surface area contributed by atoms with E-state index in [1.165, 1.54) is 11.6 Å². The largest absolute Gasteiger partial charge is 0.346 e. The molecule has 0 fully saturated rings. The van der Waals surface area contributed by atoms with E-state index in [4.69, 9.17) is 11.6 Å². The van der Waals surface area contributed by atoms with Gasteiger partial charge in [0.25, 0.3) is 0 Å². The second-order valence-corrected chi connectivity index (χ2v) is 6.29. The molecule has 0 aliphatic rings. The molecule has 0 spiro atoms. The first-order chi connectivity index (χ1) is 12.1. The number of rotatable bonds is 5. The van der Waals surface area contributed by atoms with Gasteiger partial charge in [0.1, 0.15) is 5.65 Å². The minimum atomic E-state index is -0.158. The highest BCUT2D eigenvalue weighted by Crippen LogP contribution is 2.20. The number of amides is 1. The maximum atomic E-state index is 12.3. The first-order valence-electron chi connectivity index (χ1n) is 8.26. The van der Waals surface area contributed by atoms with E-state index in [9.17, 15) is 4.79 Å². The van der Waals surface area contributed by atoms with Gasteiger partial charge in [0.15, 0.2) is 5.15 Å². The van der Waals surface area contributed by atoms with Crippen molar-refractivity contribution in [2.24, 2.45) is 0 Å². The molecular weight excluding hydrogens is 334 g/mol. The van der Waals surface area contributed by atoms with Gasteiger partial charge in [-0.15, -0.1) is 0 Å². The molecule has 0 aliphatic carbocycles. The van der Waals surface area contributed by atoms with Crippen molar-refractivity contribution < 1.29 is 4.79 Å².